The second-order valence-corrected chi connectivity index (χ2v) is 9.81. The maximum atomic E-state index is 12.7. The Morgan fingerprint density at radius 2 is 1.59 bits per heavy atom. The molecule has 2 atom stereocenters. The van der Waals surface area contributed by atoms with Gasteiger partial charge in [-0.3, -0.25) is 9.59 Å². The van der Waals surface area contributed by atoms with E-state index >= 15 is 0 Å². The Bertz CT molecular complexity index is 1060. The highest BCUT2D eigenvalue weighted by atomic mass is 16.5. The molecule has 7 nitrogen and oxygen atoms in total. The molecule has 5 rings (SSSR count). The van der Waals surface area contributed by atoms with Crippen LogP contribution in [0.5, 0.6) is 0 Å². The van der Waals surface area contributed by atoms with Gasteiger partial charge in [0.15, 0.2) is 0 Å². The molecule has 0 aromatic heterocycles. The molecule has 2 aromatic rings. The number of hydrogen-bond donors (Lipinski definition) is 3. The van der Waals surface area contributed by atoms with Gasteiger partial charge in [-0.05, 0) is 53.9 Å². The Kier molecular flexibility index (Phi) is 6.02. The van der Waals surface area contributed by atoms with Gasteiger partial charge in [-0.2, -0.15) is 0 Å². The number of carboxylic acids is 1. The van der Waals surface area contributed by atoms with Gasteiger partial charge in [0.2, 0.25) is 5.91 Å². The van der Waals surface area contributed by atoms with Crippen molar-refractivity contribution in [1.29, 1.82) is 0 Å². The zero-order valence-electron chi connectivity index (χ0n) is 19.1. The van der Waals surface area contributed by atoms with Crippen LogP contribution in [0.4, 0.5) is 4.79 Å². The van der Waals surface area contributed by atoms with Crippen molar-refractivity contribution < 1.29 is 24.2 Å². The summed E-state index contributed by atoms with van der Waals surface area (Å²) < 4.78 is 5.61. The number of carboxylic acid groups (broad SMARTS) is 1. The molecule has 34 heavy (non-hydrogen) atoms. The molecule has 178 valence electrons. The molecule has 0 aliphatic heterocycles. The number of rotatable bonds is 8. The number of aliphatic carboxylic acids is 1. The second-order valence-electron chi connectivity index (χ2n) is 9.81. The lowest BCUT2D eigenvalue weighted by Crippen LogP contribution is -2.41. The Labute approximate surface area is 198 Å². The van der Waals surface area contributed by atoms with Crippen LogP contribution in [-0.4, -0.2) is 42.8 Å². The third-order valence-electron chi connectivity index (χ3n) is 7.76. The van der Waals surface area contributed by atoms with E-state index in [1.807, 2.05) is 24.3 Å². The molecule has 2 amide bonds. The summed E-state index contributed by atoms with van der Waals surface area (Å²) in [6, 6.07) is 16.4. The Morgan fingerprint density at radius 3 is 2.21 bits per heavy atom. The smallest absolute Gasteiger partial charge is 0.407 e. The van der Waals surface area contributed by atoms with Gasteiger partial charge < -0.3 is 20.5 Å². The molecule has 0 saturated heterocycles. The second kappa shape index (κ2) is 9.12. The van der Waals surface area contributed by atoms with Crippen molar-refractivity contribution in [3.05, 3.63) is 59.7 Å². The molecule has 7 heteroatoms. The number of alkyl carbamates (subject to hydrolysis) is 1. The first-order chi connectivity index (χ1) is 16.5. The first kappa shape index (κ1) is 22.4. The summed E-state index contributed by atoms with van der Waals surface area (Å²) in [5.74, 6) is -1.12. The van der Waals surface area contributed by atoms with Crippen molar-refractivity contribution in [2.24, 2.45) is 17.3 Å². The van der Waals surface area contributed by atoms with Crippen molar-refractivity contribution in [3.63, 3.8) is 0 Å². The van der Waals surface area contributed by atoms with E-state index in [-0.39, 0.29) is 36.8 Å². The molecule has 3 aliphatic carbocycles. The van der Waals surface area contributed by atoms with E-state index in [0.717, 1.165) is 19.3 Å². The molecule has 0 bridgehead atoms. The van der Waals surface area contributed by atoms with E-state index in [1.54, 1.807) is 0 Å². The lowest BCUT2D eigenvalue weighted by molar-refractivity contribution is -0.143. The molecule has 3 aliphatic rings. The average Bonchev–Trinajstić information content (AvgIpc) is 3.39. The van der Waals surface area contributed by atoms with Crippen LogP contribution in [0.2, 0.25) is 0 Å². The zero-order chi connectivity index (χ0) is 23.7. The minimum absolute atomic E-state index is 0.00661. The molecular formula is C27H30N2O5. The van der Waals surface area contributed by atoms with Crippen molar-refractivity contribution in [2.75, 3.05) is 19.7 Å². The van der Waals surface area contributed by atoms with Crippen molar-refractivity contribution in [2.45, 2.75) is 38.0 Å². The summed E-state index contributed by atoms with van der Waals surface area (Å²) >= 11 is 0. The number of fused-ring (bicyclic) bond motifs is 3. The molecule has 2 fully saturated rings. The van der Waals surface area contributed by atoms with Crippen LogP contribution in [0.15, 0.2) is 48.5 Å². The maximum absolute atomic E-state index is 12.7. The topological polar surface area (TPSA) is 105 Å². The molecular weight excluding hydrogens is 432 g/mol. The third-order valence-corrected chi connectivity index (χ3v) is 7.76. The lowest BCUT2D eigenvalue weighted by atomic mass is 9.94. The maximum Gasteiger partial charge on any atom is 0.407 e. The number of nitrogens with one attached hydrogen (secondary N) is 2. The summed E-state index contributed by atoms with van der Waals surface area (Å²) in [7, 11) is 0. The fraction of sp³-hybridized carbons (Fsp3) is 0.444. The van der Waals surface area contributed by atoms with Gasteiger partial charge in [0.1, 0.15) is 6.61 Å². The predicted molar refractivity (Wildman–Crippen MR) is 126 cm³/mol. The SMILES string of the molecule is O=C(NCC1CCCC1C(=O)NCC1(C(=O)O)CC1)OCC1c2ccccc2-c2ccccc21. The largest absolute Gasteiger partial charge is 0.481 e. The number of amides is 2. The van der Waals surface area contributed by atoms with Crippen molar-refractivity contribution in [1.82, 2.24) is 10.6 Å². The number of benzene rings is 2. The highest BCUT2D eigenvalue weighted by Gasteiger charge is 2.50. The van der Waals surface area contributed by atoms with Gasteiger partial charge in [-0.15, -0.1) is 0 Å². The van der Waals surface area contributed by atoms with Crippen LogP contribution >= 0.6 is 0 Å². The lowest BCUT2D eigenvalue weighted by Gasteiger charge is -2.21. The van der Waals surface area contributed by atoms with E-state index < -0.39 is 17.5 Å². The highest BCUT2D eigenvalue weighted by molar-refractivity contribution is 5.82. The van der Waals surface area contributed by atoms with E-state index in [0.29, 0.717) is 19.4 Å². The molecule has 0 heterocycles. The zero-order valence-corrected chi connectivity index (χ0v) is 19.1. The minimum atomic E-state index is -0.840. The van der Waals surface area contributed by atoms with Crippen LogP contribution in [0, 0.1) is 17.3 Å². The number of hydrogen-bond acceptors (Lipinski definition) is 4. The van der Waals surface area contributed by atoms with Crippen molar-refractivity contribution >= 4 is 18.0 Å². The average molecular weight is 463 g/mol. The molecule has 2 saturated carbocycles. The van der Waals surface area contributed by atoms with Crippen molar-refractivity contribution in [3.8, 4) is 11.1 Å². The van der Waals surface area contributed by atoms with Crippen LogP contribution in [0.1, 0.15) is 49.1 Å². The van der Waals surface area contributed by atoms with Gasteiger partial charge in [-0.25, -0.2) is 4.79 Å². The third kappa shape index (κ3) is 4.27. The summed E-state index contributed by atoms with van der Waals surface area (Å²) in [5, 5.41) is 15.0. The molecule has 2 aromatic carbocycles. The normalized spacial score (nSPS) is 21.9. The first-order valence-electron chi connectivity index (χ1n) is 12.1. The van der Waals surface area contributed by atoms with Gasteiger partial charge in [0, 0.05) is 24.9 Å². The van der Waals surface area contributed by atoms with Gasteiger partial charge in [0.25, 0.3) is 0 Å². The number of carbonyl (C=O) groups excluding carboxylic acids is 2. The fourth-order valence-electron chi connectivity index (χ4n) is 5.49. The van der Waals surface area contributed by atoms with Crippen LogP contribution in [0.3, 0.4) is 0 Å². The summed E-state index contributed by atoms with van der Waals surface area (Å²) in [6.45, 7) is 0.814. The highest BCUT2D eigenvalue weighted by Crippen LogP contribution is 2.46. The van der Waals surface area contributed by atoms with E-state index in [9.17, 15) is 19.5 Å². The quantitative estimate of drug-likeness (QED) is 0.552. The molecule has 2 unspecified atom stereocenters. The van der Waals surface area contributed by atoms with Gasteiger partial charge >= 0.3 is 12.1 Å². The van der Waals surface area contributed by atoms with Gasteiger partial charge in [0.05, 0.1) is 5.41 Å². The fourth-order valence-corrected chi connectivity index (χ4v) is 5.49. The molecule has 0 radical (unpaired) electrons. The van der Waals surface area contributed by atoms with Gasteiger partial charge in [-0.1, -0.05) is 55.0 Å². The predicted octanol–water partition coefficient (Wildman–Crippen LogP) is 3.92. The van der Waals surface area contributed by atoms with Crippen LogP contribution < -0.4 is 10.6 Å². The monoisotopic (exact) mass is 462 g/mol. The first-order valence-corrected chi connectivity index (χ1v) is 12.1. The Morgan fingerprint density at radius 1 is 0.941 bits per heavy atom. The minimum Gasteiger partial charge on any atom is -0.481 e. The van der Waals surface area contributed by atoms with E-state index in [1.165, 1.54) is 22.3 Å². The van der Waals surface area contributed by atoms with E-state index in [2.05, 4.69) is 34.9 Å². The Balaban J connectivity index is 1.12. The van der Waals surface area contributed by atoms with Crippen LogP contribution in [0.25, 0.3) is 11.1 Å². The standard InChI is InChI=1S/C27H30N2O5/c30-24(29-16-27(12-13-27)25(31)32)18-11-5-6-17(18)14-28-26(33)34-15-23-21-9-3-1-7-19(21)20-8-2-4-10-22(20)23/h1-4,7-10,17-18,23H,5-6,11-16H2,(H,28,33)(H,29,30)(H,31,32). The summed E-state index contributed by atoms with van der Waals surface area (Å²) in [6.07, 6.45) is 3.27. The number of ether oxygens (including phenoxy) is 1. The molecule has 0 spiro atoms. The van der Waals surface area contributed by atoms with Crippen LogP contribution in [-0.2, 0) is 14.3 Å². The molecule has 3 N–H and O–H groups in total. The van der Waals surface area contributed by atoms with E-state index in [4.69, 9.17) is 4.74 Å². The summed E-state index contributed by atoms with van der Waals surface area (Å²) in [5.41, 5.74) is 3.92. The Hall–Kier alpha value is -3.35. The summed E-state index contributed by atoms with van der Waals surface area (Å²) in [4.78, 5) is 36.5. The number of carbonyl (C=O) groups is 3.